The monoisotopic (exact) mass is 401 g/mol. The Morgan fingerprint density at radius 3 is 2.14 bits per heavy atom. The van der Waals surface area contributed by atoms with E-state index in [0.29, 0.717) is 29.5 Å². The second-order valence-corrected chi connectivity index (χ2v) is 6.72. The van der Waals surface area contributed by atoms with E-state index in [1.54, 1.807) is 30.5 Å². The van der Waals surface area contributed by atoms with E-state index in [9.17, 15) is 9.59 Å². The number of benzene rings is 1. The number of hydrogen-bond donors (Lipinski definition) is 2. The van der Waals surface area contributed by atoms with Crippen LogP contribution in [0.1, 0.15) is 29.8 Å². The third-order valence-electron chi connectivity index (χ3n) is 4.32. The van der Waals surface area contributed by atoms with Crippen molar-refractivity contribution >= 4 is 11.8 Å². The summed E-state index contributed by atoms with van der Waals surface area (Å²) in [6, 6.07) is 7.70. The molecule has 1 heterocycles. The van der Waals surface area contributed by atoms with Gasteiger partial charge in [0.2, 0.25) is 11.8 Å². The first kappa shape index (κ1) is 22.0. The molecule has 0 fully saturated rings. The Morgan fingerprint density at radius 2 is 1.66 bits per heavy atom. The van der Waals surface area contributed by atoms with Crippen molar-refractivity contribution < 1.29 is 23.8 Å². The molecule has 0 aliphatic rings. The van der Waals surface area contributed by atoms with Crippen LogP contribution in [0.5, 0.6) is 17.4 Å². The molecule has 29 heavy (non-hydrogen) atoms. The SMILES string of the molecule is COc1cc(OC)cc(C(=O)N[C@H](C(=O)NCc2ccc(OC)nc2)C(C)C)c1. The molecule has 8 nitrogen and oxygen atoms in total. The maximum absolute atomic E-state index is 12.7. The molecule has 0 bridgehead atoms. The largest absolute Gasteiger partial charge is 0.497 e. The molecule has 0 aliphatic carbocycles. The number of ether oxygens (including phenoxy) is 3. The van der Waals surface area contributed by atoms with Gasteiger partial charge < -0.3 is 24.8 Å². The minimum absolute atomic E-state index is 0.111. The van der Waals surface area contributed by atoms with Crippen molar-refractivity contribution in [2.75, 3.05) is 21.3 Å². The summed E-state index contributed by atoms with van der Waals surface area (Å²) < 4.78 is 15.4. The Labute approximate surface area is 170 Å². The average molecular weight is 401 g/mol. The number of nitrogens with one attached hydrogen (secondary N) is 2. The molecule has 0 unspecified atom stereocenters. The van der Waals surface area contributed by atoms with Crippen molar-refractivity contribution in [3.05, 3.63) is 47.7 Å². The summed E-state index contributed by atoms with van der Waals surface area (Å²) in [5.41, 5.74) is 1.17. The standard InChI is InChI=1S/C21H27N3O5/c1-13(2)19(21(26)23-12-14-6-7-18(29-5)22-11-14)24-20(25)15-8-16(27-3)10-17(9-15)28-4/h6-11,13,19H,12H2,1-5H3,(H,23,26)(H,24,25)/t19-/m0/s1. The van der Waals surface area contributed by atoms with E-state index in [4.69, 9.17) is 14.2 Å². The number of carbonyl (C=O) groups is 2. The fraction of sp³-hybridized carbons (Fsp3) is 0.381. The Kier molecular flexibility index (Phi) is 7.82. The van der Waals surface area contributed by atoms with Crippen LogP contribution in [0.15, 0.2) is 36.5 Å². The summed E-state index contributed by atoms with van der Waals surface area (Å²) in [6.07, 6.45) is 1.63. The summed E-state index contributed by atoms with van der Waals surface area (Å²) in [4.78, 5) is 29.5. The zero-order valence-electron chi connectivity index (χ0n) is 17.3. The van der Waals surface area contributed by atoms with Crippen molar-refractivity contribution in [1.82, 2.24) is 15.6 Å². The summed E-state index contributed by atoms with van der Waals surface area (Å²) >= 11 is 0. The summed E-state index contributed by atoms with van der Waals surface area (Å²) in [5.74, 6) is 0.710. The molecule has 2 amide bonds. The third kappa shape index (κ3) is 6.10. The quantitative estimate of drug-likeness (QED) is 0.668. The van der Waals surface area contributed by atoms with E-state index in [0.717, 1.165) is 5.56 Å². The van der Waals surface area contributed by atoms with E-state index in [1.165, 1.54) is 21.3 Å². The molecule has 2 N–H and O–H groups in total. The van der Waals surface area contributed by atoms with E-state index in [1.807, 2.05) is 19.9 Å². The number of rotatable bonds is 9. The molecule has 8 heteroatoms. The highest BCUT2D eigenvalue weighted by Crippen LogP contribution is 2.22. The van der Waals surface area contributed by atoms with Gasteiger partial charge in [0.05, 0.1) is 21.3 Å². The lowest BCUT2D eigenvalue weighted by Crippen LogP contribution is -2.49. The molecule has 0 saturated carbocycles. The van der Waals surface area contributed by atoms with Crippen LogP contribution in [0.2, 0.25) is 0 Å². The van der Waals surface area contributed by atoms with E-state index >= 15 is 0 Å². The van der Waals surface area contributed by atoms with Gasteiger partial charge in [-0.25, -0.2) is 4.98 Å². The number of amides is 2. The van der Waals surface area contributed by atoms with Gasteiger partial charge in [0.15, 0.2) is 0 Å². The van der Waals surface area contributed by atoms with Gasteiger partial charge in [-0.3, -0.25) is 9.59 Å². The van der Waals surface area contributed by atoms with Crippen LogP contribution in [0, 0.1) is 5.92 Å². The summed E-state index contributed by atoms with van der Waals surface area (Å²) in [6.45, 7) is 4.03. The maximum Gasteiger partial charge on any atom is 0.252 e. The second kappa shape index (κ2) is 10.3. The van der Waals surface area contributed by atoms with Crippen LogP contribution in [0.3, 0.4) is 0 Å². The average Bonchev–Trinajstić information content (AvgIpc) is 2.75. The van der Waals surface area contributed by atoms with E-state index < -0.39 is 6.04 Å². The normalized spacial score (nSPS) is 11.5. The topological polar surface area (TPSA) is 98.8 Å². The fourth-order valence-electron chi connectivity index (χ4n) is 2.63. The van der Waals surface area contributed by atoms with Crippen molar-refractivity contribution in [2.24, 2.45) is 5.92 Å². The highest BCUT2D eigenvalue weighted by molar-refractivity contribution is 5.98. The number of carbonyl (C=O) groups excluding carboxylic acids is 2. The first-order valence-electron chi connectivity index (χ1n) is 9.18. The van der Waals surface area contributed by atoms with E-state index in [2.05, 4.69) is 15.6 Å². The van der Waals surface area contributed by atoms with Crippen LogP contribution in [-0.4, -0.2) is 44.2 Å². The van der Waals surface area contributed by atoms with Gasteiger partial charge in [-0.15, -0.1) is 0 Å². The highest BCUT2D eigenvalue weighted by Gasteiger charge is 2.25. The minimum atomic E-state index is -0.703. The van der Waals surface area contributed by atoms with Crippen LogP contribution in [0.4, 0.5) is 0 Å². The number of hydrogen-bond acceptors (Lipinski definition) is 6. The maximum atomic E-state index is 12.7. The predicted octanol–water partition coefficient (Wildman–Crippen LogP) is 2.18. The van der Waals surface area contributed by atoms with Crippen molar-refractivity contribution in [1.29, 1.82) is 0 Å². The van der Waals surface area contributed by atoms with Gasteiger partial charge in [-0.05, 0) is 23.6 Å². The van der Waals surface area contributed by atoms with Gasteiger partial charge in [-0.1, -0.05) is 19.9 Å². The Hall–Kier alpha value is -3.29. The summed E-state index contributed by atoms with van der Waals surface area (Å²) in [7, 11) is 4.56. The smallest absolute Gasteiger partial charge is 0.252 e. The van der Waals surface area contributed by atoms with Crippen LogP contribution < -0.4 is 24.8 Å². The first-order valence-corrected chi connectivity index (χ1v) is 9.18. The third-order valence-corrected chi connectivity index (χ3v) is 4.32. The molecular weight excluding hydrogens is 374 g/mol. The van der Waals surface area contributed by atoms with Gasteiger partial charge >= 0.3 is 0 Å². The number of aromatic nitrogens is 1. The highest BCUT2D eigenvalue weighted by atomic mass is 16.5. The first-order chi connectivity index (χ1) is 13.9. The number of nitrogens with zero attached hydrogens (tertiary/aromatic N) is 1. The van der Waals surface area contributed by atoms with Gasteiger partial charge in [0.1, 0.15) is 17.5 Å². The Morgan fingerprint density at radius 1 is 1.00 bits per heavy atom. The molecule has 2 rings (SSSR count). The summed E-state index contributed by atoms with van der Waals surface area (Å²) in [5, 5.41) is 5.63. The molecule has 0 saturated heterocycles. The zero-order valence-corrected chi connectivity index (χ0v) is 17.3. The molecule has 1 atom stereocenters. The molecule has 0 aliphatic heterocycles. The van der Waals surface area contributed by atoms with Crippen molar-refractivity contribution in [2.45, 2.75) is 26.4 Å². The Balaban J connectivity index is 2.06. The number of pyridine rings is 1. The molecule has 2 aromatic rings. The molecule has 156 valence electrons. The fourth-order valence-corrected chi connectivity index (χ4v) is 2.63. The van der Waals surface area contributed by atoms with E-state index in [-0.39, 0.29) is 17.7 Å². The van der Waals surface area contributed by atoms with Crippen LogP contribution >= 0.6 is 0 Å². The minimum Gasteiger partial charge on any atom is -0.497 e. The second-order valence-electron chi connectivity index (χ2n) is 6.72. The Bertz CT molecular complexity index is 814. The van der Waals surface area contributed by atoms with Gasteiger partial charge in [0, 0.05) is 30.4 Å². The lowest BCUT2D eigenvalue weighted by atomic mass is 10.0. The molecule has 0 spiro atoms. The molecule has 1 aromatic carbocycles. The van der Waals surface area contributed by atoms with Crippen molar-refractivity contribution in [3.8, 4) is 17.4 Å². The van der Waals surface area contributed by atoms with Gasteiger partial charge in [0.25, 0.3) is 5.91 Å². The lowest BCUT2D eigenvalue weighted by Gasteiger charge is -2.22. The zero-order chi connectivity index (χ0) is 21.4. The van der Waals surface area contributed by atoms with Crippen LogP contribution in [0.25, 0.3) is 0 Å². The lowest BCUT2D eigenvalue weighted by molar-refractivity contribution is -0.124. The van der Waals surface area contributed by atoms with Crippen molar-refractivity contribution in [3.63, 3.8) is 0 Å². The predicted molar refractivity (Wildman–Crippen MR) is 108 cm³/mol. The molecular formula is C21H27N3O5. The number of methoxy groups -OCH3 is 3. The molecule has 0 radical (unpaired) electrons. The molecule has 1 aromatic heterocycles. The van der Waals surface area contributed by atoms with Gasteiger partial charge in [-0.2, -0.15) is 0 Å². The van der Waals surface area contributed by atoms with Crippen LogP contribution in [-0.2, 0) is 11.3 Å².